The van der Waals surface area contributed by atoms with E-state index in [1.807, 2.05) is 0 Å². The molecule has 0 bridgehead atoms. The lowest BCUT2D eigenvalue weighted by Crippen LogP contribution is -2.45. The summed E-state index contributed by atoms with van der Waals surface area (Å²) < 4.78 is 33.8. The van der Waals surface area contributed by atoms with Gasteiger partial charge in [-0.25, -0.2) is 13.6 Å². The van der Waals surface area contributed by atoms with Gasteiger partial charge in [-0.1, -0.05) is 0 Å². The van der Waals surface area contributed by atoms with Crippen LogP contribution in [0.15, 0.2) is 29.2 Å². The molecule has 2 heterocycles. The van der Waals surface area contributed by atoms with E-state index in [2.05, 4.69) is 4.90 Å². The van der Waals surface area contributed by atoms with Crippen molar-refractivity contribution in [3.63, 3.8) is 0 Å². The number of benzene rings is 1. The van der Waals surface area contributed by atoms with E-state index in [4.69, 9.17) is 14.6 Å². The first-order chi connectivity index (χ1) is 9.49. The number of primary sulfonamides is 1. The van der Waals surface area contributed by atoms with Crippen molar-refractivity contribution in [2.45, 2.75) is 23.5 Å². The predicted octanol–water partition coefficient (Wildman–Crippen LogP) is 0.677. The second kappa shape index (κ2) is 5.00. The standard InChI is InChI=1S/C13H18N2O4S/c14-20(16,17)12-3-1-11(2-4-12)15-7-5-13(6-8-15)18-9-10-19-13/h1-4H,5-10H2,(H2,14,16,17). The van der Waals surface area contributed by atoms with Crippen LogP contribution in [0.3, 0.4) is 0 Å². The summed E-state index contributed by atoms with van der Waals surface area (Å²) in [6.07, 6.45) is 1.65. The van der Waals surface area contributed by atoms with E-state index in [1.165, 1.54) is 12.1 Å². The maximum atomic E-state index is 11.2. The second-order valence-corrected chi connectivity index (χ2v) is 6.69. The van der Waals surface area contributed by atoms with E-state index >= 15 is 0 Å². The molecule has 0 saturated carbocycles. The monoisotopic (exact) mass is 298 g/mol. The summed E-state index contributed by atoms with van der Waals surface area (Å²) in [6.45, 7) is 3.00. The van der Waals surface area contributed by atoms with Crippen molar-refractivity contribution in [3.8, 4) is 0 Å². The Morgan fingerprint density at radius 3 is 2.10 bits per heavy atom. The summed E-state index contributed by atoms with van der Waals surface area (Å²) in [5.74, 6) is -0.392. The zero-order chi connectivity index (χ0) is 14.2. The van der Waals surface area contributed by atoms with Gasteiger partial charge in [0.25, 0.3) is 0 Å². The third-order valence-electron chi connectivity index (χ3n) is 3.87. The lowest BCUT2D eigenvalue weighted by Gasteiger charge is -2.38. The minimum Gasteiger partial charge on any atom is -0.371 e. The summed E-state index contributed by atoms with van der Waals surface area (Å²) in [6, 6.07) is 6.65. The number of sulfonamides is 1. The minimum absolute atomic E-state index is 0.136. The molecule has 2 saturated heterocycles. The fourth-order valence-corrected chi connectivity index (χ4v) is 3.25. The molecule has 0 radical (unpaired) electrons. The first-order valence-electron chi connectivity index (χ1n) is 6.64. The highest BCUT2D eigenvalue weighted by Gasteiger charge is 2.39. The van der Waals surface area contributed by atoms with Gasteiger partial charge in [-0.2, -0.15) is 0 Å². The number of nitrogens with two attached hydrogens (primary N) is 1. The molecule has 3 rings (SSSR count). The molecule has 6 nitrogen and oxygen atoms in total. The molecule has 20 heavy (non-hydrogen) atoms. The second-order valence-electron chi connectivity index (χ2n) is 5.13. The largest absolute Gasteiger partial charge is 0.371 e. The zero-order valence-corrected chi connectivity index (χ0v) is 11.9. The fraction of sp³-hybridized carbons (Fsp3) is 0.538. The third kappa shape index (κ3) is 2.67. The summed E-state index contributed by atoms with van der Waals surface area (Å²) in [5, 5.41) is 5.09. The minimum atomic E-state index is -3.63. The van der Waals surface area contributed by atoms with E-state index in [0.717, 1.165) is 31.6 Å². The molecule has 1 aromatic rings. The van der Waals surface area contributed by atoms with Crippen LogP contribution in [0.1, 0.15) is 12.8 Å². The Bertz CT molecular complexity index is 569. The molecule has 2 fully saturated rings. The number of piperidine rings is 1. The van der Waals surface area contributed by atoms with Crippen molar-refractivity contribution >= 4 is 15.7 Å². The quantitative estimate of drug-likeness (QED) is 0.868. The van der Waals surface area contributed by atoms with Gasteiger partial charge in [0.05, 0.1) is 18.1 Å². The van der Waals surface area contributed by atoms with Crippen molar-refractivity contribution in [2.24, 2.45) is 5.14 Å². The van der Waals surface area contributed by atoms with Crippen LogP contribution in [-0.2, 0) is 19.5 Å². The molecular weight excluding hydrogens is 280 g/mol. The smallest absolute Gasteiger partial charge is 0.238 e. The van der Waals surface area contributed by atoms with Crippen LogP contribution in [0.4, 0.5) is 5.69 Å². The summed E-state index contributed by atoms with van der Waals surface area (Å²) in [7, 11) is -3.63. The van der Waals surface area contributed by atoms with Crippen LogP contribution in [0.25, 0.3) is 0 Å². The highest BCUT2D eigenvalue weighted by molar-refractivity contribution is 7.89. The topological polar surface area (TPSA) is 81.9 Å². The third-order valence-corrected chi connectivity index (χ3v) is 4.80. The van der Waals surface area contributed by atoms with Crippen LogP contribution in [0, 0.1) is 0 Å². The highest BCUT2D eigenvalue weighted by Crippen LogP contribution is 2.33. The number of ether oxygens (including phenoxy) is 2. The zero-order valence-electron chi connectivity index (χ0n) is 11.1. The van der Waals surface area contributed by atoms with Gasteiger partial charge in [-0.15, -0.1) is 0 Å². The average molecular weight is 298 g/mol. The van der Waals surface area contributed by atoms with Crippen LogP contribution in [0.5, 0.6) is 0 Å². The lowest BCUT2D eigenvalue weighted by molar-refractivity contribution is -0.169. The van der Waals surface area contributed by atoms with Gasteiger partial charge < -0.3 is 14.4 Å². The average Bonchev–Trinajstić information content (AvgIpc) is 2.87. The molecule has 0 unspecified atom stereocenters. The SMILES string of the molecule is NS(=O)(=O)c1ccc(N2CCC3(CC2)OCCO3)cc1. The summed E-state index contributed by atoms with van der Waals surface area (Å²) >= 11 is 0. The van der Waals surface area contributed by atoms with Crippen molar-refractivity contribution in [1.82, 2.24) is 0 Å². The normalized spacial score (nSPS) is 22.4. The highest BCUT2D eigenvalue weighted by atomic mass is 32.2. The Morgan fingerprint density at radius 2 is 1.60 bits per heavy atom. The molecule has 0 amide bonds. The molecule has 2 N–H and O–H groups in total. The fourth-order valence-electron chi connectivity index (χ4n) is 2.74. The van der Waals surface area contributed by atoms with E-state index < -0.39 is 15.8 Å². The molecule has 1 spiro atoms. The molecule has 2 aliphatic rings. The van der Waals surface area contributed by atoms with Crippen LogP contribution in [0.2, 0.25) is 0 Å². The Labute approximate surface area is 118 Å². The first kappa shape index (κ1) is 13.8. The van der Waals surface area contributed by atoms with Crippen LogP contribution >= 0.6 is 0 Å². The molecule has 110 valence electrons. The molecule has 7 heteroatoms. The predicted molar refractivity (Wildman–Crippen MR) is 73.9 cm³/mol. The number of anilines is 1. The van der Waals surface area contributed by atoms with Gasteiger partial charge in [0.1, 0.15) is 0 Å². The molecular formula is C13H18N2O4S. The van der Waals surface area contributed by atoms with Gasteiger partial charge in [0.2, 0.25) is 10.0 Å². The molecule has 0 aromatic heterocycles. The van der Waals surface area contributed by atoms with E-state index in [1.54, 1.807) is 12.1 Å². The maximum absolute atomic E-state index is 11.2. The Hall–Kier alpha value is -1.15. The van der Waals surface area contributed by atoms with Crippen LogP contribution in [-0.4, -0.2) is 40.5 Å². The van der Waals surface area contributed by atoms with Crippen molar-refractivity contribution < 1.29 is 17.9 Å². The van der Waals surface area contributed by atoms with Gasteiger partial charge in [0.15, 0.2) is 5.79 Å². The Balaban J connectivity index is 1.69. The lowest BCUT2D eigenvalue weighted by atomic mass is 10.0. The molecule has 0 aliphatic carbocycles. The Kier molecular flexibility index (Phi) is 3.45. The van der Waals surface area contributed by atoms with Gasteiger partial charge in [-0.3, -0.25) is 0 Å². The molecule has 2 aliphatic heterocycles. The van der Waals surface area contributed by atoms with Gasteiger partial charge in [0, 0.05) is 31.6 Å². The summed E-state index contributed by atoms with van der Waals surface area (Å²) in [5.41, 5.74) is 0.991. The number of rotatable bonds is 2. The van der Waals surface area contributed by atoms with Crippen molar-refractivity contribution in [3.05, 3.63) is 24.3 Å². The first-order valence-corrected chi connectivity index (χ1v) is 8.19. The van der Waals surface area contributed by atoms with Crippen molar-refractivity contribution in [2.75, 3.05) is 31.2 Å². The van der Waals surface area contributed by atoms with E-state index in [-0.39, 0.29) is 4.90 Å². The number of nitrogens with zero attached hydrogens (tertiary/aromatic N) is 1. The molecule has 0 atom stereocenters. The van der Waals surface area contributed by atoms with Crippen molar-refractivity contribution in [1.29, 1.82) is 0 Å². The number of hydrogen-bond donors (Lipinski definition) is 1. The maximum Gasteiger partial charge on any atom is 0.238 e. The molecule has 1 aromatic carbocycles. The Morgan fingerprint density at radius 1 is 1.05 bits per heavy atom. The van der Waals surface area contributed by atoms with E-state index in [9.17, 15) is 8.42 Å². The van der Waals surface area contributed by atoms with Gasteiger partial charge in [-0.05, 0) is 24.3 Å². The van der Waals surface area contributed by atoms with Crippen LogP contribution < -0.4 is 10.0 Å². The van der Waals surface area contributed by atoms with Gasteiger partial charge >= 0.3 is 0 Å². The van der Waals surface area contributed by atoms with E-state index in [0.29, 0.717) is 13.2 Å². The number of hydrogen-bond acceptors (Lipinski definition) is 5. The summed E-state index contributed by atoms with van der Waals surface area (Å²) in [4.78, 5) is 2.33.